The van der Waals surface area contributed by atoms with Gasteiger partial charge in [0, 0.05) is 46.1 Å². The molecule has 0 atom stereocenters. The smallest absolute Gasteiger partial charge is 0.242 e. The molecule has 8 heteroatoms. The second-order valence-electron chi connectivity index (χ2n) is 7.65. The minimum atomic E-state index is -3.50. The summed E-state index contributed by atoms with van der Waals surface area (Å²) in [6.45, 7) is 4.11. The van der Waals surface area contributed by atoms with E-state index in [4.69, 9.17) is 0 Å². The lowest BCUT2D eigenvalue weighted by molar-refractivity contribution is -0.133. The van der Waals surface area contributed by atoms with Crippen molar-refractivity contribution in [1.29, 1.82) is 0 Å². The summed E-state index contributed by atoms with van der Waals surface area (Å²) in [5, 5.41) is 0. The Kier molecular flexibility index (Phi) is 5.31. The first-order valence-corrected chi connectivity index (χ1v) is 10.8. The summed E-state index contributed by atoms with van der Waals surface area (Å²) in [6.07, 6.45) is 3.14. The summed E-state index contributed by atoms with van der Waals surface area (Å²) < 4.78 is 27.8. The van der Waals surface area contributed by atoms with Crippen molar-refractivity contribution >= 4 is 27.0 Å². The summed E-state index contributed by atoms with van der Waals surface area (Å²) >= 11 is 0. The predicted molar refractivity (Wildman–Crippen MR) is 105 cm³/mol. The van der Waals surface area contributed by atoms with E-state index < -0.39 is 10.0 Å². The number of carbonyl (C=O) groups is 1. The van der Waals surface area contributed by atoms with Crippen molar-refractivity contribution < 1.29 is 13.2 Å². The molecule has 1 aliphatic carbocycles. The number of hydrogen-bond donors (Lipinski definition) is 0. The van der Waals surface area contributed by atoms with E-state index in [9.17, 15) is 13.2 Å². The lowest BCUT2D eigenvalue weighted by atomic mass is 10.2. The lowest BCUT2D eigenvalue weighted by Gasteiger charge is -2.26. The topological polar surface area (TPSA) is 75.5 Å². The van der Waals surface area contributed by atoms with E-state index in [1.165, 1.54) is 18.4 Å². The Morgan fingerprint density at radius 3 is 2.52 bits per heavy atom. The SMILES string of the molecule is CC(C)N(C(=O)CCc1nc2cc(S(=O)(=O)N(C)C)ccc2n1C)C1CC1. The maximum atomic E-state index is 12.6. The van der Waals surface area contributed by atoms with Gasteiger partial charge in [-0.15, -0.1) is 0 Å². The summed E-state index contributed by atoms with van der Waals surface area (Å²) in [5.74, 6) is 0.952. The molecule has 1 amide bonds. The van der Waals surface area contributed by atoms with E-state index in [2.05, 4.69) is 18.8 Å². The molecule has 7 nitrogen and oxygen atoms in total. The van der Waals surface area contributed by atoms with Crippen LogP contribution in [0.1, 0.15) is 38.9 Å². The summed E-state index contributed by atoms with van der Waals surface area (Å²) in [5.41, 5.74) is 1.49. The van der Waals surface area contributed by atoms with Gasteiger partial charge in [0.15, 0.2) is 0 Å². The number of nitrogens with zero attached hydrogens (tertiary/aromatic N) is 4. The number of aryl methyl sites for hydroxylation is 2. The summed E-state index contributed by atoms with van der Waals surface area (Å²) in [4.78, 5) is 19.4. The van der Waals surface area contributed by atoms with Crippen LogP contribution in [0.4, 0.5) is 0 Å². The highest BCUT2D eigenvalue weighted by molar-refractivity contribution is 7.89. The van der Waals surface area contributed by atoms with E-state index in [0.29, 0.717) is 24.4 Å². The number of imidazole rings is 1. The van der Waals surface area contributed by atoms with Crippen LogP contribution < -0.4 is 0 Å². The quantitative estimate of drug-likeness (QED) is 0.724. The van der Waals surface area contributed by atoms with E-state index in [1.54, 1.807) is 18.2 Å². The number of benzene rings is 1. The third-order valence-corrected chi connectivity index (χ3v) is 6.88. The first-order chi connectivity index (χ1) is 12.6. The monoisotopic (exact) mass is 392 g/mol. The molecule has 1 aliphatic rings. The Hall–Kier alpha value is -1.93. The first-order valence-electron chi connectivity index (χ1n) is 9.32. The number of carbonyl (C=O) groups excluding carboxylic acids is 1. The van der Waals surface area contributed by atoms with Crippen LogP contribution in [-0.4, -0.2) is 59.3 Å². The normalized spacial score (nSPS) is 15.1. The Labute approximate surface area is 161 Å². The fraction of sp³-hybridized carbons (Fsp3) is 0.579. The maximum absolute atomic E-state index is 12.6. The van der Waals surface area contributed by atoms with Crippen molar-refractivity contribution in [3.63, 3.8) is 0 Å². The molecule has 1 aromatic heterocycles. The zero-order chi connectivity index (χ0) is 19.9. The molecule has 3 rings (SSSR count). The second kappa shape index (κ2) is 7.24. The van der Waals surface area contributed by atoms with Gasteiger partial charge in [-0.3, -0.25) is 4.79 Å². The van der Waals surface area contributed by atoms with Crippen molar-refractivity contribution in [2.24, 2.45) is 7.05 Å². The zero-order valence-electron chi connectivity index (χ0n) is 16.6. The molecule has 1 aromatic carbocycles. The highest BCUT2D eigenvalue weighted by Gasteiger charge is 2.33. The molecule has 0 radical (unpaired) electrons. The maximum Gasteiger partial charge on any atom is 0.242 e. The van der Waals surface area contributed by atoms with Gasteiger partial charge in [0.05, 0.1) is 15.9 Å². The van der Waals surface area contributed by atoms with Gasteiger partial charge >= 0.3 is 0 Å². The zero-order valence-corrected chi connectivity index (χ0v) is 17.5. The number of fused-ring (bicyclic) bond motifs is 1. The van der Waals surface area contributed by atoms with Gasteiger partial charge in [0.2, 0.25) is 15.9 Å². The molecule has 0 bridgehead atoms. The van der Waals surface area contributed by atoms with Crippen LogP contribution >= 0.6 is 0 Å². The van der Waals surface area contributed by atoms with E-state index >= 15 is 0 Å². The Balaban J connectivity index is 1.81. The molecule has 1 saturated carbocycles. The van der Waals surface area contributed by atoms with Crippen LogP contribution in [0.2, 0.25) is 0 Å². The molecule has 1 fully saturated rings. The third kappa shape index (κ3) is 3.87. The van der Waals surface area contributed by atoms with Crippen LogP contribution in [0.5, 0.6) is 0 Å². The van der Waals surface area contributed by atoms with E-state index in [0.717, 1.165) is 24.2 Å². The first kappa shape index (κ1) is 19.8. The number of rotatable bonds is 7. The third-order valence-electron chi connectivity index (χ3n) is 5.07. The van der Waals surface area contributed by atoms with Gasteiger partial charge in [-0.25, -0.2) is 17.7 Å². The fourth-order valence-corrected chi connectivity index (χ4v) is 4.36. The highest BCUT2D eigenvalue weighted by atomic mass is 32.2. The Morgan fingerprint density at radius 1 is 1.30 bits per heavy atom. The van der Waals surface area contributed by atoms with Crippen molar-refractivity contribution in [3.8, 4) is 0 Å². The van der Waals surface area contributed by atoms with Gasteiger partial charge < -0.3 is 9.47 Å². The highest BCUT2D eigenvalue weighted by Crippen LogP contribution is 2.29. The second-order valence-corrected chi connectivity index (χ2v) is 9.80. The molecule has 2 aromatic rings. The van der Waals surface area contributed by atoms with Gasteiger partial charge in [-0.05, 0) is 44.9 Å². The molecular weight excluding hydrogens is 364 g/mol. The molecule has 1 heterocycles. The molecule has 0 aliphatic heterocycles. The Morgan fingerprint density at radius 2 is 1.96 bits per heavy atom. The number of aromatic nitrogens is 2. The molecule has 0 spiro atoms. The molecule has 0 saturated heterocycles. The van der Waals surface area contributed by atoms with Gasteiger partial charge in [-0.1, -0.05) is 0 Å². The van der Waals surface area contributed by atoms with Gasteiger partial charge in [0.25, 0.3) is 0 Å². The van der Waals surface area contributed by atoms with Crippen LogP contribution in [-0.2, 0) is 28.3 Å². The average molecular weight is 393 g/mol. The van der Waals surface area contributed by atoms with Crippen LogP contribution in [0.25, 0.3) is 11.0 Å². The molecule has 27 heavy (non-hydrogen) atoms. The minimum absolute atomic E-state index is 0.162. The standard InChI is InChI=1S/C19H28N4O3S/c1-13(2)23(14-6-7-14)19(24)11-10-18-20-16-12-15(27(25,26)21(3)4)8-9-17(16)22(18)5/h8-9,12-14H,6-7,10-11H2,1-5H3. The number of hydrogen-bond acceptors (Lipinski definition) is 4. The average Bonchev–Trinajstić information content (AvgIpc) is 3.36. The van der Waals surface area contributed by atoms with Crippen LogP contribution in [0, 0.1) is 0 Å². The van der Waals surface area contributed by atoms with Crippen molar-refractivity contribution in [1.82, 2.24) is 18.8 Å². The van der Waals surface area contributed by atoms with Gasteiger partial charge in [0.1, 0.15) is 5.82 Å². The van der Waals surface area contributed by atoms with Crippen molar-refractivity contribution in [2.45, 2.75) is 56.5 Å². The van der Waals surface area contributed by atoms with E-state index in [1.807, 2.05) is 16.5 Å². The van der Waals surface area contributed by atoms with Crippen LogP contribution in [0.3, 0.4) is 0 Å². The summed E-state index contributed by atoms with van der Waals surface area (Å²) in [6, 6.07) is 5.58. The minimum Gasteiger partial charge on any atom is -0.337 e. The number of sulfonamides is 1. The van der Waals surface area contributed by atoms with Crippen molar-refractivity contribution in [2.75, 3.05) is 14.1 Å². The molecule has 148 valence electrons. The van der Waals surface area contributed by atoms with Crippen molar-refractivity contribution in [3.05, 3.63) is 24.0 Å². The van der Waals surface area contributed by atoms with Crippen LogP contribution in [0.15, 0.2) is 23.1 Å². The van der Waals surface area contributed by atoms with Gasteiger partial charge in [-0.2, -0.15) is 0 Å². The lowest BCUT2D eigenvalue weighted by Crippen LogP contribution is -2.38. The molecule has 0 unspecified atom stereocenters. The Bertz CT molecular complexity index is 957. The summed E-state index contributed by atoms with van der Waals surface area (Å²) in [7, 11) is 1.42. The van der Waals surface area contributed by atoms with E-state index in [-0.39, 0.29) is 16.8 Å². The fourth-order valence-electron chi connectivity index (χ4n) is 3.44. The largest absolute Gasteiger partial charge is 0.337 e. The molecular formula is C19H28N4O3S. The molecule has 0 N–H and O–H groups in total. The predicted octanol–water partition coefficient (Wildman–Crippen LogP) is 2.16. The number of amides is 1.